The molecule has 3 aliphatic heterocycles. The Balaban J connectivity index is 1.48. The van der Waals surface area contributed by atoms with Gasteiger partial charge in [0.25, 0.3) is 0 Å². The minimum absolute atomic E-state index is 0.286. The van der Waals surface area contributed by atoms with E-state index in [9.17, 15) is 19.2 Å². The van der Waals surface area contributed by atoms with Gasteiger partial charge in [-0.2, -0.15) is 0 Å². The van der Waals surface area contributed by atoms with Gasteiger partial charge < -0.3 is 4.74 Å². The van der Waals surface area contributed by atoms with Crippen molar-refractivity contribution in [2.24, 2.45) is 11.8 Å². The Bertz CT molecular complexity index is 1150. The quantitative estimate of drug-likeness (QED) is 0.550. The van der Waals surface area contributed by atoms with Gasteiger partial charge in [-0.15, -0.1) is 0 Å². The van der Waals surface area contributed by atoms with Crippen molar-refractivity contribution in [1.29, 1.82) is 0 Å². The van der Waals surface area contributed by atoms with E-state index in [-0.39, 0.29) is 23.5 Å². The first-order valence-corrected chi connectivity index (χ1v) is 11.1. The van der Waals surface area contributed by atoms with Gasteiger partial charge in [-0.3, -0.25) is 24.1 Å². The number of benzene rings is 2. The molecule has 7 heteroatoms. The molecule has 162 valence electrons. The van der Waals surface area contributed by atoms with Crippen LogP contribution in [0.3, 0.4) is 0 Å². The van der Waals surface area contributed by atoms with Crippen molar-refractivity contribution in [3.05, 3.63) is 59.7 Å². The number of Topliss-reactive ketones (excluding diaryl/α,β-unsaturated/α-hetero) is 2. The molecule has 0 radical (unpaired) electrons. The molecule has 0 bridgehead atoms. The van der Waals surface area contributed by atoms with E-state index < -0.39 is 23.3 Å². The predicted molar refractivity (Wildman–Crippen MR) is 115 cm³/mol. The van der Waals surface area contributed by atoms with Gasteiger partial charge in [0.15, 0.2) is 17.1 Å². The molecule has 0 saturated carbocycles. The average molecular weight is 430 g/mol. The van der Waals surface area contributed by atoms with Crippen LogP contribution in [0.2, 0.25) is 0 Å². The van der Waals surface area contributed by atoms with E-state index in [2.05, 4.69) is 0 Å². The summed E-state index contributed by atoms with van der Waals surface area (Å²) >= 11 is 0. The summed E-state index contributed by atoms with van der Waals surface area (Å²) in [6.07, 6.45) is 1.48. The smallest absolute Gasteiger partial charge is 0.240 e. The Morgan fingerprint density at radius 1 is 0.938 bits per heavy atom. The Morgan fingerprint density at radius 3 is 2.22 bits per heavy atom. The van der Waals surface area contributed by atoms with Crippen LogP contribution in [0.25, 0.3) is 0 Å². The molecule has 1 aliphatic carbocycles. The largest absolute Gasteiger partial charge is 0.494 e. The minimum Gasteiger partial charge on any atom is -0.494 e. The molecule has 2 aromatic carbocycles. The fourth-order valence-electron chi connectivity index (χ4n) is 6.35. The molecule has 3 atom stereocenters. The Labute approximate surface area is 184 Å². The molecule has 2 amide bonds. The van der Waals surface area contributed by atoms with E-state index in [1.807, 2.05) is 11.8 Å². The first kappa shape index (κ1) is 19.4. The lowest BCUT2D eigenvalue weighted by atomic mass is 9.76. The number of amides is 2. The highest BCUT2D eigenvalue weighted by atomic mass is 16.5. The number of rotatable bonds is 3. The van der Waals surface area contributed by atoms with Crippen molar-refractivity contribution in [3.63, 3.8) is 0 Å². The van der Waals surface area contributed by atoms with Crippen molar-refractivity contribution in [3.8, 4) is 5.75 Å². The second-order valence-electron chi connectivity index (χ2n) is 8.82. The molecule has 3 saturated heterocycles. The summed E-state index contributed by atoms with van der Waals surface area (Å²) < 4.78 is 5.46. The molecule has 3 heterocycles. The first-order valence-electron chi connectivity index (χ1n) is 11.1. The number of hydrogen-bond donors (Lipinski definition) is 0. The van der Waals surface area contributed by atoms with Gasteiger partial charge in [0, 0.05) is 17.2 Å². The lowest BCUT2D eigenvalue weighted by molar-refractivity contribution is -0.124. The Morgan fingerprint density at radius 2 is 1.59 bits per heavy atom. The van der Waals surface area contributed by atoms with Crippen molar-refractivity contribution >= 4 is 29.1 Å². The maximum absolute atomic E-state index is 13.8. The van der Waals surface area contributed by atoms with Gasteiger partial charge in [0.05, 0.1) is 24.1 Å². The highest BCUT2D eigenvalue weighted by Gasteiger charge is 2.76. The van der Waals surface area contributed by atoms with Gasteiger partial charge in [-0.1, -0.05) is 24.3 Å². The summed E-state index contributed by atoms with van der Waals surface area (Å²) in [5.74, 6) is -2.52. The van der Waals surface area contributed by atoms with Crippen LogP contribution < -0.4 is 9.64 Å². The molecule has 4 aliphatic rings. The number of imide groups is 1. The van der Waals surface area contributed by atoms with Crippen LogP contribution in [0, 0.1) is 11.8 Å². The third kappa shape index (κ3) is 2.14. The van der Waals surface area contributed by atoms with Gasteiger partial charge >= 0.3 is 0 Å². The number of fused-ring (bicyclic) bond motifs is 6. The van der Waals surface area contributed by atoms with Crippen molar-refractivity contribution in [2.45, 2.75) is 31.3 Å². The van der Waals surface area contributed by atoms with Gasteiger partial charge in [0.2, 0.25) is 11.8 Å². The summed E-state index contributed by atoms with van der Waals surface area (Å²) in [7, 11) is 0. The molecule has 7 nitrogen and oxygen atoms in total. The van der Waals surface area contributed by atoms with Crippen LogP contribution >= 0.6 is 0 Å². The zero-order valence-electron chi connectivity index (χ0n) is 17.6. The zero-order chi connectivity index (χ0) is 22.2. The molecule has 6 rings (SSSR count). The van der Waals surface area contributed by atoms with Crippen LogP contribution in [-0.4, -0.2) is 53.0 Å². The normalized spacial score (nSPS) is 27.9. The van der Waals surface area contributed by atoms with Crippen molar-refractivity contribution in [1.82, 2.24) is 4.90 Å². The first-order chi connectivity index (χ1) is 15.5. The number of ketones is 2. The lowest BCUT2D eigenvalue weighted by Crippen LogP contribution is -2.59. The van der Waals surface area contributed by atoms with Crippen molar-refractivity contribution in [2.75, 3.05) is 18.1 Å². The van der Waals surface area contributed by atoms with Gasteiger partial charge in [-0.25, -0.2) is 4.90 Å². The summed E-state index contributed by atoms with van der Waals surface area (Å²) in [5, 5.41) is 0. The third-order valence-corrected chi connectivity index (χ3v) is 7.48. The number of nitrogens with zero attached hydrogens (tertiary/aromatic N) is 2. The van der Waals surface area contributed by atoms with Gasteiger partial charge in [0.1, 0.15) is 5.75 Å². The highest BCUT2D eigenvalue weighted by Crippen LogP contribution is 2.57. The lowest BCUT2D eigenvalue weighted by Gasteiger charge is -2.35. The number of anilines is 1. The summed E-state index contributed by atoms with van der Waals surface area (Å²) in [5.41, 5.74) is -0.470. The van der Waals surface area contributed by atoms with E-state index in [1.54, 1.807) is 48.5 Å². The minimum atomic E-state index is -1.61. The molecule has 0 unspecified atom stereocenters. The predicted octanol–water partition coefficient (Wildman–Crippen LogP) is 2.49. The van der Waals surface area contributed by atoms with Crippen LogP contribution in [0.15, 0.2) is 48.5 Å². The molecule has 2 aromatic rings. The van der Waals surface area contributed by atoms with Crippen LogP contribution in [0.4, 0.5) is 5.69 Å². The molecule has 1 spiro atoms. The number of carbonyl (C=O) groups excluding carboxylic acids is 4. The third-order valence-electron chi connectivity index (χ3n) is 7.48. The standard InChI is InChI=1S/C25H22N2O5/c1-2-32-15-11-9-14(10-12-15)27-23(30)19-18-8-5-13-26(18)25(20(19)24(27)31)21(28)16-6-3-4-7-17(16)22(25)29/h3-4,6-7,9-12,18-20H,2,5,8,13H2,1H3/t18-,19+,20-/m0/s1. The monoisotopic (exact) mass is 430 g/mol. The molecule has 32 heavy (non-hydrogen) atoms. The Hall–Kier alpha value is -3.32. The maximum Gasteiger partial charge on any atom is 0.240 e. The van der Waals surface area contributed by atoms with E-state index in [0.29, 0.717) is 42.1 Å². The fourth-order valence-corrected chi connectivity index (χ4v) is 6.35. The topological polar surface area (TPSA) is 84.0 Å². The van der Waals surface area contributed by atoms with Crippen LogP contribution in [0.1, 0.15) is 40.5 Å². The second-order valence-corrected chi connectivity index (χ2v) is 8.82. The van der Waals surface area contributed by atoms with E-state index in [0.717, 1.165) is 6.42 Å². The molecule has 3 fully saturated rings. The second kappa shape index (κ2) is 6.59. The molecule has 0 N–H and O–H groups in total. The SMILES string of the molecule is CCOc1ccc(N2C(=O)[C@H]3[C@@H](C2=O)C2(C(=O)c4ccccc4C2=O)N2CCC[C@@H]32)cc1. The summed E-state index contributed by atoms with van der Waals surface area (Å²) in [4.78, 5) is 58.0. The average Bonchev–Trinajstić information content (AvgIpc) is 3.50. The summed E-state index contributed by atoms with van der Waals surface area (Å²) in [6, 6.07) is 13.2. The van der Waals surface area contributed by atoms with E-state index >= 15 is 0 Å². The molecular weight excluding hydrogens is 408 g/mol. The van der Waals surface area contributed by atoms with Crippen molar-refractivity contribution < 1.29 is 23.9 Å². The number of ether oxygens (including phenoxy) is 1. The van der Waals surface area contributed by atoms with E-state index in [1.165, 1.54) is 4.90 Å². The highest BCUT2D eigenvalue weighted by molar-refractivity contribution is 6.37. The number of carbonyl (C=O) groups is 4. The van der Waals surface area contributed by atoms with E-state index in [4.69, 9.17) is 4.74 Å². The number of hydrogen-bond acceptors (Lipinski definition) is 6. The van der Waals surface area contributed by atoms with Crippen LogP contribution in [-0.2, 0) is 9.59 Å². The zero-order valence-corrected chi connectivity index (χ0v) is 17.6. The fraction of sp³-hybridized carbons (Fsp3) is 0.360. The van der Waals surface area contributed by atoms with Crippen LogP contribution in [0.5, 0.6) is 5.75 Å². The molecular formula is C25H22N2O5. The van der Waals surface area contributed by atoms with Gasteiger partial charge in [-0.05, 0) is 50.6 Å². The molecule has 0 aromatic heterocycles. The summed E-state index contributed by atoms with van der Waals surface area (Å²) in [6.45, 7) is 2.92. The maximum atomic E-state index is 13.8. The Kier molecular flexibility index (Phi) is 3.99.